The first-order chi connectivity index (χ1) is 29.8. The van der Waals surface area contributed by atoms with Gasteiger partial charge >= 0.3 is 0 Å². The zero-order valence-electron chi connectivity index (χ0n) is 33.0. The van der Waals surface area contributed by atoms with E-state index in [2.05, 4.69) is 252 Å². The number of benzene rings is 10. The Kier molecular flexibility index (Phi) is 8.87. The van der Waals surface area contributed by atoms with E-state index in [1.54, 1.807) is 0 Å². The Hall–Kier alpha value is -7.94. The largest absolute Gasteiger partial charge is 0.310 e. The SMILES string of the molecule is c1ccc(-c2ccccc2-n2c3ccccc3c3c(-c4ccccc4N(c4ccccc4)c4ccc(-c5ccc(-c6cccc7ccccc67)cc5)cc4)cccc32)cc1. The van der Waals surface area contributed by atoms with Crippen LogP contribution in [-0.2, 0) is 0 Å². The highest BCUT2D eigenvalue weighted by Crippen LogP contribution is 2.46. The fourth-order valence-corrected chi connectivity index (χ4v) is 9.06. The second kappa shape index (κ2) is 15.1. The van der Waals surface area contributed by atoms with Gasteiger partial charge < -0.3 is 9.47 Å². The summed E-state index contributed by atoms with van der Waals surface area (Å²) in [6, 6.07) is 87.7. The third-order valence-electron chi connectivity index (χ3n) is 11.8. The summed E-state index contributed by atoms with van der Waals surface area (Å²) in [5, 5.41) is 4.99. The minimum absolute atomic E-state index is 1.09. The van der Waals surface area contributed by atoms with Gasteiger partial charge in [0.05, 0.1) is 22.4 Å². The first kappa shape index (κ1) is 35.2. The predicted octanol–water partition coefficient (Wildman–Crippen LogP) is 16.1. The number of anilines is 3. The zero-order chi connectivity index (χ0) is 39.8. The van der Waals surface area contributed by atoms with Crippen LogP contribution in [0.4, 0.5) is 17.1 Å². The summed E-state index contributed by atoms with van der Waals surface area (Å²) in [5.74, 6) is 0. The Morgan fingerprint density at radius 3 is 1.58 bits per heavy atom. The van der Waals surface area contributed by atoms with Gasteiger partial charge in [-0.2, -0.15) is 0 Å². The third-order valence-corrected chi connectivity index (χ3v) is 11.8. The van der Waals surface area contributed by atoms with Gasteiger partial charge in [0, 0.05) is 33.3 Å². The van der Waals surface area contributed by atoms with Gasteiger partial charge in [0.2, 0.25) is 0 Å². The van der Waals surface area contributed by atoms with Gasteiger partial charge in [0.25, 0.3) is 0 Å². The van der Waals surface area contributed by atoms with Crippen molar-refractivity contribution < 1.29 is 0 Å². The van der Waals surface area contributed by atoms with Gasteiger partial charge in [0.1, 0.15) is 0 Å². The molecular formula is C58H40N2. The molecule has 1 aromatic heterocycles. The molecule has 60 heavy (non-hydrogen) atoms. The van der Waals surface area contributed by atoms with Crippen molar-refractivity contribution in [2.45, 2.75) is 0 Å². The van der Waals surface area contributed by atoms with Crippen molar-refractivity contribution in [2.75, 3.05) is 4.90 Å². The first-order valence-electron chi connectivity index (χ1n) is 20.6. The van der Waals surface area contributed by atoms with Crippen LogP contribution in [-0.4, -0.2) is 4.57 Å². The van der Waals surface area contributed by atoms with Crippen molar-refractivity contribution >= 4 is 49.6 Å². The van der Waals surface area contributed by atoms with E-state index < -0.39 is 0 Å². The van der Waals surface area contributed by atoms with E-state index in [1.165, 1.54) is 77.1 Å². The van der Waals surface area contributed by atoms with E-state index in [0.717, 1.165) is 22.7 Å². The van der Waals surface area contributed by atoms with E-state index in [1.807, 2.05) is 0 Å². The number of nitrogens with zero attached hydrogens (tertiary/aromatic N) is 2. The van der Waals surface area contributed by atoms with Gasteiger partial charge in [-0.1, -0.05) is 194 Å². The normalized spacial score (nSPS) is 11.3. The van der Waals surface area contributed by atoms with Crippen LogP contribution in [0.5, 0.6) is 0 Å². The number of aromatic nitrogens is 1. The molecule has 0 N–H and O–H groups in total. The molecule has 0 amide bonds. The minimum Gasteiger partial charge on any atom is -0.310 e. The Morgan fingerprint density at radius 2 is 0.783 bits per heavy atom. The summed E-state index contributed by atoms with van der Waals surface area (Å²) in [7, 11) is 0. The standard InChI is InChI=1S/C58H40N2/c1-3-17-44(18-4-1)50-24-9-12-29-54(50)60-56-31-14-11-26-53(56)58-52(28-16-32-57(58)60)51-25-10-13-30-55(51)59(46-21-5-2-6-22-46)47-39-37-42(38-40-47)41-33-35-45(36-34-41)49-27-15-20-43-19-7-8-23-48(43)49/h1-40H. The van der Waals surface area contributed by atoms with Crippen LogP contribution in [0.2, 0.25) is 0 Å². The molecule has 0 aliphatic carbocycles. The number of fused-ring (bicyclic) bond motifs is 4. The smallest absolute Gasteiger partial charge is 0.0547 e. The van der Waals surface area contributed by atoms with Crippen molar-refractivity contribution in [1.82, 2.24) is 4.57 Å². The average molecular weight is 765 g/mol. The summed E-state index contributed by atoms with van der Waals surface area (Å²) in [6.07, 6.45) is 0. The van der Waals surface area contributed by atoms with Gasteiger partial charge in [-0.05, 0) is 92.7 Å². The van der Waals surface area contributed by atoms with Crippen LogP contribution >= 0.6 is 0 Å². The highest BCUT2D eigenvalue weighted by Gasteiger charge is 2.22. The van der Waals surface area contributed by atoms with Gasteiger partial charge in [0.15, 0.2) is 0 Å². The second-order valence-electron chi connectivity index (χ2n) is 15.3. The Bertz CT molecular complexity index is 3280. The molecule has 0 saturated carbocycles. The lowest BCUT2D eigenvalue weighted by Crippen LogP contribution is -2.11. The molecule has 2 nitrogen and oxygen atoms in total. The number of para-hydroxylation sites is 4. The van der Waals surface area contributed by atoms with Crippen LogP contribution in [0.3, 0.4) is 0 Å². The van der Waals surface area contributed by atoms with Crippen LogP contribution in [0.25, 0.3) is 82.8 Å². The summed E-state index contributed by atoms with van der Waals surface area (Å²) in [6.45, 7) is 0. The molecule has 10 aromatic carbocycles. The molecule has 0 radical (unpaired) electrons. The molecule has 0 aliphatic heterocycles. The van der Waals surface area contributed by atoms with Crippen LogP contribution in [0.15, 0.2) is 243 Å². The molecule has 0 atom stereocenters. The molecule has 11 rings (SSSR count). The zero-order valence-corrected chi connectivity index (χ0v) is 33.0. The van der Waals surface area contributed by atoms with E-state index in [-0.39, 0.29) is 0 Å². The lowest BCUT2D eigenvalue weighted by atomic mass is 9.96. The lowest BCUT2D eigenvalue weighted by Gasteiger charge is -2.28. The molecule has 0 bridgehead atoms. The fourth-order valence-electron chi connectivity index (χ4n) is 9.06. The average Bonchev–Trinajstić information content (AvgIpc) is 3.67. The number of hydrogen-bond donors (Lipinski definition) is 0. The minimum atomic E-state index is 1.09. The van der Waals surface area contributed by atoms with E-state index in [4.69, 9.17) is 0 Å². The van der Waals surface area contributed by atoms with E-state index >= 15 is 0 Å². The van der Waals surface area contributed by atoms with Gasteiger partial charge in [-0.3, -0.25) is 0 Å². The third kappa shape index (κ3) is 6.14. The summed E-state index contributed by atoms with van der Waals surface area (Å²) >= 11 is 0. The van der Waals surface area contributed by atoms with Crippen molar-refractivity contribution in [1.29, 1.82) is 0 Å². The fraction of sp³-hybridized carbons (Fsp3) is 0. The molecule has 2 heteroatoms. The molecule has 11 aromatic rings. The Labute approximate surface area is 350 Å². The van der Waals surface area contributed by atoms with E-state index in [9.17, 15) is 0 Å². The van der Waals surface area contributed by atoms with Gasteiger partial charge in [-0.25, -0.2) is 0 Å². The second-order valence-corrected chi connectivity index (χ2v) is 15.3. The van der Waals surface area contributed by atoms with Crippen LogP contribution in [0, 0.1) is 0 Å². The van der Waals surface area contributed by atoms with Crippen molar-refractivity contribution in [3.8, 4) is 50.2 Å². The highest BCUT2D eigenvalue weighted by molar-refractivity contribution is 6.17. The molecule has 0 saturated heterocycles. The van der Waals surface area contributed by atoms with Crippen LogP contribution < -0.4 is 4.90 Å². The number of rotatable bonds is 8. The van der Waals surface area contributed by atoms with Gasteiger partial charge in [-0.15, -0.1) is 0 Å². The molecular weight excluding hydrogens is 725 g/mol. The van der Waals surface area contributed by atoms with Crippen LogP contribution in [0.1, 0.15) is 0 Å². The maximum Gasteiger partial charge on any atom is 0.0547 e. The maximum atomic E-state index is 2.45. The van der Waals surface area contributed by atoms with Crippen molar-refractivity contribution in [3.63, 3.8) is 0 Å². The highest BCUT2D eigenvalue weighted by atomic mass is 15.1. The molecule has 1 heterocycles. The Balaban J connectivity index is 1.03. The summed E-state index contributed by atoms with van der Waals surface area (Å²) < 4.78 is 2.45. The molecule has 0 aliphatic rings. The predicted molar refractivity (Wildman–Crippen MR) is 255 cm³/mol. The van der Waals surface area contributed by atoms with E-state index in [0.29, 0.717) is 0 Å². The summed E-state index contributed by atoms with van der Waals surface area (Å²) in [4.78, 5) is 2.39. The number of hydrogen-bond acceptors (Lipinski definition) is 1. The lowest BCUT2D eigenvalue weighted by molar-refractivity contribution is 1.18. The first-order valence-corrected chi connectivity index (χ1v) is 20.6. The monoisotopic (exact) mass is 764 g/mol. The molecule has 0 fully saturated rings. The Morgan fingerprint density at radius 1 is 0.283 bits per heavy atom. The molecule has 0 spiro atoms. The van der Waals surface area contributed by atoms with Crippen molar-refractivity contribution in [3.05, 3.63) is 243 Å². The summed E-state index contributed by atoms with van der Waals surface area (Å²) in [5.41, 5.74) is 16.4. The molecule has 282 valence electrons. The quantitative estimate of drug-likeness (QED) is 0.150. The molecule has 0 unspecified atom stereocenters. The topological polar surface area (TPSA) is 8.17 Å². The van der Waals surface area contributed by atoms with Crippen molar-refractivity contribution in [2.24, 2.45) is 0 Å². The maximum absolute atomic E-state index is 2.45.